The van der Waals surface area contributed by atoms with Crippen LogP contribution in [0.15, 0.2) is 47.5 Å². The third kappa shape index (κ3) is 5.35. The van der Waals surface area contributed by atoms with E-state index < -0.39 is 0 Å². The Balaban J connectivity index is 0.00000320. The number of methoxy groups -OCH3 is 2. The van der Waals surface area contributed by atoms with Crippen molar-refractivity contribution in [2.24, 2.45) is 4.99 Å². The molecule has 3 aromatic rings. The van der Waals surface area contributed by atoms with E-state index >= 15 is 0 Å². The Labute approximate surface area is 195 Å². The number of rotatable bonds is 7. The van der Waals surface area contributed by atoms with Crippen molar-refractivity contribution in [2.75, 3.05) is 34.9 Å². The number of para-hydroxylation sites is 2. The maximum absolute atomic E-state index is 5.51. The van der Waals surface area contributed by atoms with Crippen molar-refractivity contribution in [3.8, 4) is 11.5 Å². The lowest BCUT2D eigenvalue weighted by atomic mass is 10.2. The molecule has 1 N–H and O–H groups in total. The maximum atomic E-state index is 5.51. The summed E-state index contributed by atoms with van der Waals surface area (Å²) in [5.74, 6) is 3.41. The first-order chi connectivity index (χ1) is 14.1. The number of aryl methyl sites for hydroxylation is 1. The van der Waals surface area contributed by atoms with Gasteiger partial charge in [-0.15, -0.1) is 24.0 Å². The average molecular weight is 523 g/mol. The molecular weight excluding hydrogens is 493 g/mol. The normalized spacial score (nSPS) is 11.2. The van der Waals surface area contributed by atoms with Crippen LogP contribution in [-0.4, -0.2) is 55.3 Å². The highest BCUT2D eigenvalue weighted by Crippen LogP contribution is 2.25. The van der Waals surface area contributed by atoms with Gasteiger partial charge in [0.25, 0.3) is 0 Å². The molecule has 162 valence electrons. The molecule has 0 saturated carbocycles. The third-order valence-electron chi connectivity index (χ3n) is 4.94. The second-order valence-corrected chi connectivity index (χ2v) is 6.81. The lowest BCUT2D eigenvalue weighted by Crippen LogP contribution is -2.40. The smallest absolute Gasteiger partial charge is 0.193 e. The monoisotopic (exact) mass is 523 g/mol. The molecule has 2 aromatic carbocycles. The molecule has 0 saturated heterocycles. The molecule has 8 heteroatoms. The third-order valence-corrected chi connectivity index (χ3v) is 4.94. The quantitative estimate of drug-likeness (QED) is 0.291. The Morgan fingerprint density at radius 1 is 1.17 bits per heavy atom. The minimum absolute atomic E-state index is 0. The van der Waals surface area contributed by atoms with E-state index in [9.17, 15) is 0 Å². The molecule has 7 nitrogen and oxygen atoms in total. The van der Waals surface area contributed by atoms with Gasteiger partial charge in [0.05, 0.1) is 25.3 Å². The fourth-order valence-electron chi connectivity index (χ4n) is 3.46. The van der Waals surface area contributed by atoms with Gasteiger partial charge in [-0.25, -0.2) is 4.98 Å². The number of benzene rings is 2. The molecule has 0 radical (unpaired) electrons. The average Bonchev–Trinajstić information content (AvgIpc) is 3.06. The summed E-state index contributed by atoms with van der Waals surface area (Å²) >= 11 is 0. The number of ether oxygens (including phenoxy) is 2. The highest BCUT2D eigenvalue weighted by atomic mass is 127. The van der Waals surface area contributed by atoms with E-state index in [-0.39, 0.29) is 24.0 Å². The molecule has 0 bridgehead atoms. The zero-order valence-corrected chi connectivity index (χ0v) is 20.5. The van der Waals surface area contributed by atoms with Gasteiger partial charge in [0.1, 0.15) is 17.3 Å². The Hall–Kier alpha value is -2.49. The molecule has 1 aromatic heterocycles. The highest BCUT2D eigenvalue weighted by Gasteiger charge is 2.12. The molecular formula is C22H30IN5O2. The minimum Gasteiger partial charge on any atom is -0.497 e. The van der Waals surface area contributed by atoms with Crippen LogP contribution in [0.25, 0.3) is 11.0 Å². The number of nitrogens with zero attached hydrogens (tertiary/aromatic N) is 4. The Bertz CT molecular complexity index is 1000. The van der Waals surface area contributed by atoms with E-state index in [1.165, 1.54) is 0 Å². The van der Waals surface area contributed by atoms with Gasteiger partial charge in [-0.3, -0.25) is 4.99 Å². The van der Waals surface area contributed by atoms with Gasteiger partial charge >= 0.3 is 0 Å². The number of imidazole rings is 1. The summed E-state index contributed by atoms with van der Waals surface area (Å²) in [7, 11) is 7.12. The number of aromatic nitrogens is 2. The molecule has 30 heavy (non-hydrogen) atoms. The predicted octanol–water partition coefficient (Wildman–Crippen LogP) is 3.69. The molecule has 0 fully saturated rings. The van der Waals surface area contributed by atoms with Gasteiger partial charge < -0.3 is 24.3 Å². The summed E-state index contributed by atoms with van der Waals surface area (Å²) < 4.78 is 13.0. The van der Waals surface area contributed by atoms with E-state index in [4.69, 9.17) is 9.47 Å². The second-order valence-electron chi connectivity index (χ2n) is 6.81. The molecule has 0 aliphatic rings. The summed E-state index contributed by atoms with van der Waals surface area (Å²) in [6.45, 7) is 4.26. The van der Waals surface area contributed by atoms with Crippen molar-refractivity contribution in [3.05, 3.63) is 53.9 Å². The molecule has 0 aliphatic carbocycles. The predicted molar refractivity (Wildman–Crippen MR) is 132 cm³/mol. The molecule has 3 rings (SSSR count). The minimum atomic E-state index is 0. The van der Waals surface area contributed by atoms with E-state index in [1.807, 2.05) is 50.4 Å². The molecule has 0 spiro atoms. The van der Waals surface area contributed by atoms with Gasteiger partial charge in [-0.2, -0.15) is 0 Å². The van der Waals surface area contributed by atoms with Crippen LogP contribution in [0.4, 0.5) is 0 Å². The van der Waals surface area contributed by atoms with Gasteiger partial charge in [-0.1, -0.05) is 12.1 Å². The van der Waals surface area contributed by atoms with Crippen LogP contribution in [0.2, 0.25) is 0 Å². The van der Waals surface area contributed by atoms with E-state index in [1.54, 1.807) is 21.3 Å². The van der Waals surface area contributed by atoms with Gasteiger partial charge in [-0.05, 0) is 31.2 Å². The van der Waals surface area contributed by atoms with Crippen molar-refractivity contribution in [2.45, 2.75) is 20.0 Å². The van der Waals surface area contributed by atoms with Crippen LogP contribution < -0.4 is 14.8 Å². The SMILES string of the molecule is CN=C(NCCn1c(C)nc2ccccc21)N(C)Cc1ccc(OC)cc1OC.I. The van der Waals surface area contributed by atoms with Crippen LogP contribution in [0, 0.1) is 6.92 Å². The standard InChI is InChI=1S/C22H29N5O2.HI/c1-16-25-19-8-6-7-9-20(19)27(16)13-12-24-22(23-2)26(3)15-17-10-11-18(28-4)14-21(17)29-5;/h6-11,14H,12-13,15H2,1-5H3,(H,23,24);1H. The summed E-state index contributed by atoms with van der Waals surface area (Å²) in [6.07, 6.45) is 0. The molecule has 0 unspecified atom stereocenters. The summed E-state index contributed by atoms with van der Waals surface area (Å²) in [4.78, 5) is 11.1. The Kier molecular flexibility index (Phi) is 8.76. The first-order valence-corrected chi connectivity index (χ1v) is 9.62. The Morgan fingerprint density at radius 2 is 1.93 bits per heavy atom. The van der Waals surface area contributed by atoms with Gasteiger partial charge in [0.2, 0.25) is 0 Å². The zero-order valence-electron chi connectivity index (χ0n) is 18.2. The van der Waals surface area contributed by atoms with Crippen LogP contribution in [0.5, 0.6) is 11.5 Å². The molecule has 1 heterocycles. The first kappa shape index (κ1) is 23.8. The lowest BCUT2D eigenvalue weighted by molar-refractivity contribution is 0.382. The van der Waals surface area contributed by atoms with Crippen molar-refractivity contribution in [1.29, 1.82) is 0 Å². The van der Waals surface area contributed by atoms with Crippen molar-refractivity contribution >= 4 is 41.0 Å². The summed E-state index contributed by atoms with van der Waals surface area (Å²) in [5, 5.41) is 3.44. The van der Waals surface area contributed by atoms with Crippen LogP contribution in [0.3, 0.4) is 0 Å². The van der Waals surface area contributed by atoms with E-state index in [0.717, 1.165) is 53.0 Å². The number of hydrogen-bond donors (Lipinski definition) is 1. The van der Waals surface area contributed by atoms with E-state index in [2.05, 4.69) is 30.8 Å². The van der Waals surface area contributed by atoms with Crippen molar-refractivity contribution in [1.82, 2.24) is 19.8 Å². The topological polar surface area (TPSA) is 63.9 Å². The number of fused-ring (bicyclic) bond motifs is 1. The maximum Gasteiger partial charge on any atom is 0.193 e. The van der Waals surface area contributed by atoms with Crippen LogP contribution in [-0.2, 0) is 13.1 Å². The number of aliphatic imine (C=N–C) groups is 1. The van der Waals surface area contributed by atoms with Crippen molar-refractivity contribution in [3.63, 3.8) is 0 Å². The highest BCUT2D eigenvalue weighted by molar-refractivity contribution is 14.0. The van der Waals surface area contributed by atoms with Crippen LogP contribution in [0.1, 0.15) is 11.4 Å². The van der Waals surface area contributed by atoms with Crippen molar-refractivity contribution < 1.29 is 9.47 Å². The molecule has 0 aliphatic heterocycles. The zero-order chi connectivity index (χ0) is 20.8. The van der Waals surface area contributed by atoms with Crippen LogP contribution >= 0.6 is 24.0 Å². The number of guanidine groups is 1. The fourth-order valence-corrected chi connectivity index (χ4v) is 3.46. The number of halogens is 1. The number of nitrogens with one attached hydrogen (secondary N) is 1. The first-order valence-electron chi connectivity index (χ1n) is 9.62. The van der Waals surface area contributed by atoms with Gasteiger partial charge in [0, 0.05) is 45.4 Å². The van der Waals surface area contributed by atoms with Gasteiger partial charge in [0.15, 0.2) is 5.96 Å². The lowest BCUT2D eigenvalue weighted by Gasteiger charge is -2.23. The second kappa shape index (κ2) is 11.1. The number of hydrogen-bond acceptors (Lipinski definition) is 4. The largest absolute Gasteiger partial charge is 0.497 e. The fraction of sp³-hybridized carbons (Fsp3) is 0.364. The van der Waals surface area contributed by atoms with E-state index in [0.29, 0.717) is 6.54 Å². The Morgan fingerprint density at radius 3 is 2.63 bits per heavy atom. The summed E-state index contributed by atoms with van der Waals surface area (Å²) in [5.41, 5.74) is 3.24. The molecule has 0 atom stereocenters. The molecule has 0 amide bonds. The summed E-state index contributed by atoms with van der Waals surface area (Å²) in [6, 6.07) is 14.1.